The Hall–Kier alpha value is -1.10. The summed E-state index contributed by atoms with van der Waals surface area (Å²) >= 11 is 0. The van der Waals surface area contributed by atoms with Crippen LogP contribution < -0.4 is 5.32 Å². The number of carbonyl (C=O) groups excluding carboxylic acids is 2. The van der Waals surface area contributed by atoms with Gasteiger partial charge < -0.3 is 15.1 Å². The molecule has 5 nitrogen and oxygen atoms in total. The second-order valence-corrected chi connectivity index (χ2v) is 4.83. The first-order chi connectivity index (χ1) is 8.04. The molecule has 98 valence electrons. The first-order valence-electron chi connectivity index (χ1n) is 6.23. The van der Waals surface area contributed by atoms with Gasteiger partial charge in [0.05, 0.1) is 6.54 Å². The molecule has 1 N–H and O–H groups in total. The van der Waals surface area contributed by atoms with Crippen molar-refractivity contribution in [1.29, 1.82) is 0 Å². The van der Waals surface area contributed by atoms with E-state index in [0.29, 0.717) is 18.9 Å². The fraction of sp³-hybridized carbons (Fsp3) is 0.833. The summed E-state index contributed by atoms with van der Waals surface area (Å²) in [5.74, 6) is 0.545. The first kappa shape index (κ1) is 14.0. The van der Waals surface area contributed by atoms with Crippen LogP contribution in [-0.2, 0) is 9.59 Å². The van der Waals surface area contributed by atoms with Crippen molar-refractivity contribution in [3.63, 3.8) is 0 Å². The van der Waals surface area contributed by atoms with Gasteiger partial charge in [-0.1, -0.05) is 6.92 Å². The molecule has 1 fully saturated rings. The number of hydrogen-bond acceptors (Lipinski definition) is 3. The van der Waals surface area contributed by atoms with Crippen LogP contribution in [0.4, 0.5) is 0 Å². The Morgan fingerprint density at radius 3 is 2.29 bits per heavy atom. The van der Waals surface area contributed by atoms with E-state index in [1.54, 1.807) is 19.0 Å². The Balaban J connectivity index is 2.44. The van der Waals surface area contributed by atoms with E-state index in [-0.39, 0.29) is 18.4 Å². The Morgan fingerprint density at radius 2 is 1.88 bits per heavy atom. The molecule has 0 aromatic carbocycles. The lowest BCUT2D eigenvalue weighted by Crippen LogP contribution is -2.47. The molecular formula is C12H23N3O2. The van der Waals surface area contributed by atoms with Gasteiger partial charge >= 0.3 is 0 Å². The lowest BCUT2D eigenvalue weighted by atomic mass is 9.98. The third kappa shape index (κ3) is 4.34. The van der Waals surface area contributed by atoms with Gasteiger partial charge in [-0.3, -0.25) is 9.59 Å². The molecular weight excluding hydrogens is 218 g/mol. The summed E-state index contributed by atoms with van der Waals surface area (Å²) in [7, 11) is 3.43. The second-order valence-electron chi connectivity index (χ2n) is 4.83. The zero-order valence-electron chi connectivity index (χ0n) is 11.0. The molecule has 1 aliphatic rings. The van der Waals surface area contributed by atoms with Gasteiger partial charge in [-0.15, -0.1) is 0 Å². The van der Waals surface area contributed by atoms with Gasteiger partial charge in [-0.05, 0) is 25.4 Å². The number of rotatable bonds is 6. The van der Waals surface area contributed by atoms with Crippen molar-refractivity contribution < 1.29 is 9.59 Å². The van der Waals surface area contributed by atoms with Crippen molar-refractivity contribution in [2.45, 2.75) is 19.8 Å². The van der Waals surface area contributed by atoms with Crippen molar-refractivity contribution in [1.82, 2.24) is 15.1 Å². The zero-order valence-corrected chi connectivity index (χ0v) is 11.0. The topological polar surface area (TPSA) is 52.7 Å². The van der Waals surface area contributed by atoms with E-state index in [9.17, 15) is 9.59 Å². The molecule has 0 aromatic rings. The maximum absolute atomic E-state index is 12.0. The highest BCUT2D eigenvalue weighted by atomic mass is 16.2. The predicted octanol–water partition coefficient (Wildman–Crippen LogP) is -0.0773. The number of nitrogens with one attached hydrogen (secondary N) is 1. The number of carbonyl (C=O) groups is 2. The number of amides is 2. The Labute approximate surface area is 103 Å². The molecule has 1 aliphatic heterocycles. The van der Waals surface area contributed by atoms with Gasteiger partial charge in [-0.2, -0.15) is 0 Å². The first-order valence-corrected chi connectivity index (χ1v) is 6.23. The quantitative estimate of drug-likeness (QED) is 0.708. The standard InChI is InChI=1S/C12H23N3O2/c1-4-5-15(9-12(17)14(2)3)11(16)6-10-7-13-8-10/h10,13H,4-9H2,1-3H3. The van der Waals surface area contributed by atoms with Crippen LogP contribution in [0.15, 0.2) is 0 Å². The summed E-state index contributed by atoms with van der Waals surface area (Å²) in [4.78, 5) is 26.9. The summed E-state index contributed by atoms with van der Waals surface area (Å²) in [6.45, 7) is 4.74. The van der Waals surface area contributed by atoms with Crippen molar-refractivity contribution in [2.75, 3.05) is 40.3 Å². The van der Waals surface area contributed by atoms with Gasteiger partial charge in [0, 0.05) is 27.1 Å². The molecule has 1 rings (SSSR count). The smallest absolute Gasteiger partial charge is 0.241 e. The predicted molar refractivity (Wildman–Crippen MR) is 66.5 cm³/mol. The third-order valence-electron chi connectivity index (χ3n) is 3.00. The second kappa shape index (κ2) is 6.59. The van der Waals surface area contributed by atoms with Crippen LogP contribution in [0.1, 0.15) is 19.8 Å². The third-order valence-corrected chi connectivity index (χ3v) is 3.00. The SMILES string of the molecule is CCCN(CC(=O)N(C)C)C(=O)CC1CNC1. The molecule has 0 aromatic heterocycles. The van der Waals surface area contributed by atoms with Gasteiger partial charge in [-0.25, -0.2) is 0 Å². The van der Waals surface area contributed by atoms with Crippen molar-refractivity contribution in [2.24, 2.45) is 5.92 Å². The van der Waals surface area contributed by atoms with Crippen LogP contribution in [-0.4, -0.2) is 61.9 Å². The molecule has 0 saturated carbocycles. The monoisotopic (exact) mass is 241 g/mol. The van der Waals surface area contributed by atoms with E-state index >= 15 is 0 Å². The molecule has 0 bridgehead atoms. The lowest BCUT2D eigenvalue weighted by Gasteiger charge is -2.30. The van der Waals surface area contributed by atoms with Crippen LogP contribution in [0.2, 0.25) is 0 Å². The van der Waals surface area contributed by atoms with Crippen molar-refractivity contribution >= 4 is 11.8 Å². The molecule has 0 atom stereocenters. The van der Waals surface area contributed by atoms with Crippen LogP contribution >= 0.6 is 0 Å². The maximum atomic E-state index is 12.0. The Kier molecular flexibility index (Phi) is 5.41. The van der Waals surface area contributed by atoms with Gasteiger partial charge in [0.2, 0.25) is 11.8 Å². The van der Waals surface area contributed by atoms with E-state index in [1.165, 1.54) is 4.90 Å². The fourth-order valence-corrected chi connectivity index (χ4v) is 1.74. The van der Waals surface area contributed by atoms with E-state index in [1.807, 2.05) is 6.92 Å². The maximum Gasteiger partial charge on any atom is 0.241 e. The molecule has 5 heteroatoms. The average Bonchev–Trinajstić information content (AvgIpc) is 2.22. The summed E-state index contributed by atoms with van der Waals surface area (Å²) in [6.07, 6.45) is 1.45. The minimum atomic E-state index is -0.0152. The Morgan fingerprint density at radius 1 is 1.24 bits per heavy atom. The largest absolute Gasteiger partial charge is 0.347 e. The van der Waals surface area contributed by atoms with Crippen LogP contribution in [0.3, 0.4) is 0 Å². The Bertz CT molecular complexity index is 275. The van der Waals surface area contributed by atoms with Crippen LogP contribution in [0.5, 0.6) is 0 Å². The fourth-order valence-electron chi connectivity index (χ4n) is 1.74. The highest BCUT2D eigenvalue weighted by molar-refractivity contribution is 5.84. The molecule has 1 saturated heterocycles. The normalized spacial score (nSPS) is 15.2. The van der Waals surface area contributed by atoms with E-state index in [2.05, 4.69) is 5.32 Å². The molecule has 0 unspecified atom stereocenters. The van der Waals surface area contributed by atoms with Gasteiger partial charge in [0.1, 0.15) is 0 Å². The molecule has 0 spiro atoms. The zero-order chi connectivity index (χ0) is 12.8. The molecule has 17 heavy (non-hydrogen) atoms. The molecule has 0 aliphatic carbocycles. The van der Waals surface area contributed by atoms with E-state index in [4.69, 9.17) is 0 Å². The average molecular weight is 241 g/mol. The summed E-state index contributed by atoms with van der Waals surface area (Å²) in [5, 5.41) is 3.15. The van der Waals surface area contributed by atoms with E-state index in [0.717, 1.165) is 19.5 Å². The van der Waals surface area contributed by atoms with Crippen molar-refractivity contribution in [3.05, 3.63) is 0 Å². The molecule has 2 amide bonds. The number of likely N-dealkylation sites (N-methyl/N-ethyl adjacent to an activating group) is 1. The highest BCUT2D eigenvalue weighted by Gasteiger charge is 2.24. The number of hydrogen-bond donors (Lipinski definition) is 1. The summed E-state index contributed by atoms with van der Waals surface area (Å²) in [6, 6.07) is 0. The minimum Gasteiger partial charge on any atom is -0.347 e. The summed E-state index contributed by atoms with van der Waals surface area (Å²) in [5.41, 5.74) is 0. The van der Waals surface area contributed by atoms with Crippen molar-refractivity contribution in [3.8, 4) is 0 Å². The van der Waals surface area contributed by atoms with Gasteiger partial charge in [0.15, 0.2) is 0 Å². The molecule has 0 radical (unpaired) electrons. The number of nitrogens with zero attached hydrogens (tertiary/aromatic N) is 2. The highest BCUT2D eigenvalue weighted by Crippen LogP contribution is 2.11. The lowest BCUT2D eigenvalue weighted by molar-refractivity contribution is -0.140. The van der Waals surface area contributed by atoms with Crippen LogP contribution in [0, 0.1) is 5.92 Å². The summed E-state index contributed by atoms with van der Waals surface area (Å²) < 4.78 is 0. The minimum absolute atomic E-state index is 0.0152. The van der Waals surface area contributed by atoms with Crippen LogP contribution in [0.25, 0.3) is 0 Å². The van der Waals surface area contributed by atoms with E-state index < -0.39 is 0 Å². The molecule has 1 heterocycles. The van der Waals surface area contributed by atoms with Gasteiger partial charge in [0.25, 0.3) is 0 Å².